The summed E-state index contributed by atoms with van der Waals surface area (Å²) in [7, 11) is 0. The van der Waals surface area contributed by atoms with Crippen molar-refractivity contribution in [2.45, 2.75) is 13.8 Å². The first-order chi connectivity index (χ1) is 9.56. The summed E-state index contributed by atoms with van der Waals surface area (Å²) in [6.45, 7) is 4.37. The minimum absolute atomic E-state index is 0.116. The van der Waals surface area contributed by atoms with E-state index in [0.29, 0.717) is 18.7 Å². The van der Waals surface area contributed by atoms with Crippen LogP contribution in [0, 0.1) is 18.8 Å². The Hall–Kier alpha value is -2.32. The van der Waals surface area contributed by atoms with Gasteiger partial charge in [0.1, 0.15) is 0 Å². The minimum Gasteiger partial charge on any atom is -0.355 e. The second kappa shape index (κ2) is 7.97. The van der Waals surface area contributed by atoms with E-state index in [0.717, 1.165) is 11.1 Å². The molecule has 20 heavy (non-hydrogen) atoms. The summed E-state index contributed by atoms with van der Waals surface area (Å²) in [4.78, 5) is 22.7. The molecule has 0 aliphatic carbocycles. The van der Waals surface area contributed by atoms with Crippen molar-refractivity contribution in [1.82, 2.24) is 10.6 Å². The SMILES string of the molecule is CC(=O)NCCNC(=O)c1cccc(C#CCN)c1C. The lowest BCUT2D eigenvalue weighted by Gasteiger charge is -2.09. The summed E-state index contributed by atoms with van der Waals surface area (Å²) in [5, 5.41) is 5.37. The van der Waals surface area contributed by atoms with E-state index in [9.17, 15) is 9.59 Å². The van der Waals surface area contributed by atoms with Gasteiger partial charge in [0.05, 0.1) is 6.54 Å². The van der Waals surface area contributed by atoms with Gasteiger partial charge < -0.3 is 16.4 Å². The summed E-state index contributed by atoms with van der Waals surface area (Å²) in [6, 6.07) is 5.39. The van der Waals surface area contributed by atoms with E-state index < -0.39 is 0 Å². The Morgan fingerprint density at radius 1 is 1.25 bits per heavy atom. The molecule has 0 saturated heterocycles. The molecule has 1 aromatic rings. The highest BCUT2D eigenvalue weighted by Crippen LogP contribution is 2.12. The van der Waals surface area contributed by atoms with Crippen LogP contribution in [0.25, 0.3) is 0 Å². The molecular weight excluding hydrogens is 254 g/mol. The second-order valence-corrected chi connectivity index (χ2v) is 4.22. The van der Waals surface area contributed by atoms with E-state index in [2.05, 4.69) is 22.5 Å². The predicted molar refractivity (Wildman–Crippen MR) is 78.1 cm³/mol. The van der Waals surface area contributed by atoms with Gasteiger partial charge in [-0.1, -0.05) is 17.9 Å². The molecule has 2 amide bonds. The molecule has 0 atom stereocenters. The lowest BCUT2D eigenvalue weighted by molar-refractivity contribution is -0.118. The molecule has 106 valence electrons. The Balaban J connectivity index is 2.71. The summed E-state index contributed by atoms with van der Waals surface area (Å²) in [6.07, 6.45) is 0. The van der Waals surface area contributed by atoms with Crippen LogP contribution in [0.1, 0.15) is 28.4 Å². The first kappa shape index (κ1) is 15.7. The number of rotatable bonds is 4. The van der Waals surface area contributed by atoms with Crippen molar-refractivity contribution in [3.8, 4) is 11.8 Å². The van der Waals surface area contributed by atoms with Crippen molar-refractivity contribution in [2.75, 3.05) is 19.6 Å². The van der Waals surface area contributed by atoms with Gasteiger partial charge in [-0.3, -0.25) is 9.59 Å². The normalized spacial score (nSPS) is 9.35. The highest BCUT2D eigenvalue weighted by molar-refractivity contribution is 5.96. The molecule has 1 rings (SSSR count). The van der Waals surface area contributed by atoms with Crippen molar-refractivity contribution < 1.29 is 9.59 Å². The second-order valence-electron chi connectivity index (χ2n) is 4.22. The fraction of sp³-hybridized carbons (Fsp3) is 0.333. The Morgan fingerprint density at radius 2 is 1.95 bits per heavy atom. The van der Waals surface area contributed by atoms with E-state index in [1.54, 1.807) is 12.1 Å². The van der Waals surface area contributed by atoms with Gasteiger partial charge in [-0.25, -0.2) is 0 Å². The van der Waals surface area contributed by atoms with Gasteiger partial charge >= 0.3 is 0 Å². The van der Waals surface area contributed by atoms with Gasteiger partial charge in [0.25, 0.3) is 5.91 Å². The summed E-state index contributed by atoms with van der Waals surface area (Å²) >= 11 is 0. The molecule has 0 saturated carbocycles. The van der Waals surface area contributed by atoms with Crippen molar-refractivity contribution in [2.24, 2.45) is 5.73 Å². The van der Waals surface area contributed by atoms with Crippen molar-refractivity contribution in [3.63, 3.8) is 0 Å². The van der Waals surface area contributed by atoms with Gasteiger partial charge in [-0.2, -0.15) is 0 Å². The number of nitrogens with two attached hydrogens (primary N) is 1. The Bertz CT molecular complexity index is 556. The molecule has 0 bridgehead atoms. The Morgan fingerprint density at radius 3 is 2.60 bits per heavy atom. The molecule has 0 aliphatic rings. The third kappa shape index (κ3) is 4.75. The zero-order chi connectivity index (χ0) is 15.0. The largest absolute Gasteiger partial charge is 0.355 e. The Labute approximate surface area is 118 Å². The first-order valence-electron chi connectivity index (χ1n) is 6.37. The van der Waals surface area contributed by atoms with Crippen LogP contribution in [0.5, 0.6) is 0 Å². The van der Waals surface area contributed by atoms with Crippen LogP contribution in [0.15, 0.2) is 18.2 Å². The smallest absolute Gasteiger partial charge is 0.251 e. The third-order valence-electron chi connectivity index (χ3n) is 2.69. The first-order valence-corrected chi connectivity index (χ1v) is 6.37. The number of carbonyl (C=O) groups excluding carboxylic acids is 2. The van der Waals surface area contributed by atoms with Crippen molar-refractivity contribution in [1.29, 1.82) is 0 Å². The maximum atomic E-state index is 12.0. The van der Waals surface area contributed by atoms with Crippen molar-refractivity contribution >= 4 is 11.8 Å². The summed E-state index contributed by atoms with van der Waals surface area (Å²) in [5.74, 6) is 5.42. The summed E-state index contributed by atoms with van der Waals surface area (Å²) < 4.78 is 0. The molecule has 4 N–H and O–H groups in total. The van der Waals surface area contributed by atoms with Crippen LogP contribution < -0.4 is 16.4 Å². The van der Waals surface area contributed by atoms with Crippen LogP contribution in [0.2, 0.25) is 0 Å². The van der Waals surface area contributed by atoms with Gasteiger partial charge in [-0.15, -0.1) is 0 Å². The zero-order valence-electron chi connectivity index (χ0n) is 11.7. The number of amides is 2. The molecule has 0 unspecified atom stereocenters. The molecule has 0 radical (unpaired) electrons. The van der Waals surface area contributed by atoms with Crippen LogP contribution in [0.3, 0.4) is 0 Å². The van der Waals surface area contributed by atoms with Gasteiger partial charge in [0, 0.05) is 31.1 Å². The van der Waals surface area contributed by atoms with Gasteiger partial charge in [-0.05, 0) is 24.6 Å². The maximum absolute atomic E-state index is 12.0. The highest BCUT2D eigenvalue weighted by atomic mass is 16.2. The molecule has 5 heteroatoms. The topological polar surface area (TPSA) is 84.2 Å². The molecular formula is C15H19N3O2. The van der Waals surface area contributed by atoms with E-state index in [4.69, 9.17) is 5.73 Å². The monoisotopic (exact) mass is 273 g/mol. The highest BCUT2D eigenvalue weighted by Gasteiger charge is 2.10. The molecule has 5 nitrogen and oxygen atoms in total. The minimum atomic E-state index is -0.177. The van der Waals surface area contributed by atoms with Crippen molar-refractivity contribution in [3.05, 3.63) is 34.9 Å². The van der Waals surface area contributed by atoms with E-state index in [-0.39, 0.29) is 18.4 Å². The average molecular weight is 273 g/mol. The summed E-state index contributed by atoms with van der Waals surface area (Å²) in [5.41, 5.74) is 7.54. The lowest BCUT2D eigenvalue weighted by Crippen LogP contribution is -2.34. The zero-order valence-corrected chi connectivity index (χ0v) is 11.7. The van der Waals surface area contributed by atoms with Crippen LogP contribution in [0.4, 0.5) is 0 Å². The fourth-order valence-corrected chi connectivity index (χ4v) is 1.67. The lowest BCUT2D eigenvalue weighted by atomic mass is 10.0. The van der Waals surface area contributed by atoms with E-state index in [1.807, 2.05) is 13.0 Å². The predicted octanol–water partition coefficient (Wildman–Crippen LogP) is 0.171. The number of carbonyl (C=O) groups is 2. The van der Waals surface area contributed by atoms with E-state index in [1.165, 1.54) is 6.92 Å². The number of hydrogen-bond donors (Lipinski definition) is 3. The number of nitrogens with one attached hydrogen (secondary N) is 2. The van der Waals surface area contributed by atoms with Gasteiger partial charge in [0.15, 0.2) is 0 Å². The molecule has 0 fully saturated rings. The number of hydrogen-bond acceptors (Lipinski definition) is 3. The fourth-order valence-electron chi connectivity index (χ4n) is 1.67. The molecule has 0 spiro atoms. The third-order valence-corrected chi connectivity index (χ3v) is 2.69. The maximum Gasteiger partial charge on any atom is 0.251 e. The molecule has 1 aromatic carbocycles. The molecule has 0 heterocycles. The van der Waals surface area contributed by atoms with Crippen LogP contribution >= 0.6 is 0 Å². The quantitative estimate of drug-likeness (QED) is 0.540. The molecule has 0 aromatic heterocycles. The van der Waals surface area contributed by atoms with E-state index >= 15 is 0 Å². The average Bonchev–Trinajstić information content (AvgIpc) is 2.42. The van der Waals surface area contributed by atoms with Crippen LogP contribution in [-0.4, -0.2) is 31.4 Å². The Kier molecular flexibility index (Phi) is 6.27. The standard InChI is InChI=1S/C15H19N3O2/c1-11-13(6-4-8-16)5-3-7-14(11)15(20)18-10-9-17-12(2)19/h3,5,7H,8-10,16H2,1-2H3,(H,17,19)(H,18,20). The van der Waals surface area contributed by atoms with Crippen LogP contribution in [-0.2, 0) is 4.79 Å². The van der Waals surface area contributed by atoms with Gasteiger partial charge in [0.2, 0.25) is 5.91 Å². The molecule has 0 aliphatic heterocycles. The number of benzene rings is 1.